The molecule has 1 aliphatic rings. The van der Waals surface area contributed by atoms with E-state index in [9.17, 15) is 0 Å². The van der Waals surface area contributed by atoms with E-state index in [-0.39, 0.29) is 7.12 Å². The summed E-state index contributed by atoms with van der Waals surface area (Å²) in [6, 6.07) is 0. The SMILES string of the molecule is C=C1C=CP([S-])C1. The van der Waals surface area contributed by atoms with E-state index in [4.69, 9.17) is 12.2 Å². The van der Waals surface area contributed by atoms with E-state index in [1.54, 1.807) is 0 Å². The Labute approximate surface area is 50.2 Å². The monoisotopic (exact) mass is 129 g/mol. The number of hydrogen-bond donors (Lipinski definition) is 0. The van der Waals surface area contributed by atoms with Crippen LogP contribution in [-0.2, 0) is 12.2 Å². The third kappa shape index (κ3) is 1.32. The molecule has 1 rings (SSSR count). The van der Waals surface area contributed by atoms with Gasteiger partial charge in [0.25, 0.3) is 0 Å². The first-order valence-corrected chi connectivity index (χ1v) is 4.70. The summed E-state index contributed by atoms with van der Waals surface area (Å²) < 4.78 is 0. The van der Waals surface area contributed by atoms with E-state index in [0.717, 1.165) is 6.16 Å². The van der Waals surface area contributed by atoms with Gasteiger partial charge in [-0.1, -0.05) is 24.0 Å². The minimum absolute atomic E-state index is 0.201. The van der Waals surface area contributed by atoms with E-state index in [0.29, 0.717) is 0 Å². The summed E-state index contributed by atoms with van der Waals surface area (Å²) in [6.45, 7) is 3.77. The molecule has 0 aromatic carbocycles. The van der Waals surface area contributed by atoms with Crippen molar-refractivity contribution in [2.75, 3.05) is 6.16 Å². The summed E-state index contributed by atoms with van der Waals surface area (Å²) in [5.41, 5.74) is 1.20. The van der Waals surface area contributed by atoms with Crippen molar-refractivity contribution >= 4 is 19.4 Å². The lowest BCUT2D eigenvalue weighted by Crippen LogP contribution is -1.69. The molecule has 1 heterocycles. The van der Waals surface area contributed by atoms with Crippen molar-refractivity contribution in [3.05, 3.63) is 24.0 Å². The first-order valence-electron chi connectivity index (χ1n) is 2.09. The van der Waals surface area contributed by atoms with Gasteiger partial charge in [0.15, 0.2) is 0 Å². The van der Waals surface area contributed by atoms with Crippen molar-refractivity contribution in [1.82, 2.24) is 0 Å². The van der Waals surface area contributed by atoms with Crippen molar-refractivity contribution in [3.8, 4) is 0 Å². The van der Waals surface area contributed by atoms with Gasteiger partial charge in [0, 0.05) is 0 Å². The molecular weight excluding hydrogens is 123 g/mol. The molecule has 0 bridgehead atoms. The summed E-state index contributed by atoms with van der Waals surface area (Å²) in [7, 11) is -0.201. The maximum atomic E-state index is 5.00. The molecule has 0 fully saturated rings. The Balaban J connectivity index is 2.58. The zero-order valence-electron chi connectivity index (χ0n) is 3.92. The van der Waals surface area contributed by atoms with Gasteiger partial charge in [0.1, 0.15) is 0 Å². The Morgan fingerprint density at radius 3 is 2.71 bits per heavy atom. The molecule has 0 N–H and O–H groups in total. The standard InChI is InChI=1S/C5H6PS/c1-5-2-3-6(7)4-5/h2-3H,1,4H2/q-1. The van der Waals surface area contributed by atoms with Crippen LogP contribution >= 0.6 is 7.12 Å². The summed E-state index contributed by atoms with van der Waals surface area (Å²) >= 11 is 5.00. The lowest BCUT2D eigenvalue weighted by Gasteiger charge is -2.11. The first-order chi connectivity index (χ1) is 3.29. The number of allylic oxidation sites excluding steroid dienone is 2. The van der Waals surface area contributed by atoms with Gasteiger partial charge < -0.3 is 12.2 Å². The summed E-state index contributed by atoms with van der Waals surface area (Å²) in [4.78, 5) is 0. The number of hydrogen-bond acceptors (Lipinski definition) is 1. The minimum atomic E-state index is -0.201. The fourth-order valence-electron chi connectivity index (χ4n) is 0.494. The van der Waals surface area contributed by atoms with Gasteiger partial charge in [0.05, 0.1) is 0 Å². The zero-order valence-corrected chi connectivity index (χ0v) is 5.64. The van der Waals surface area contributed by atoms with Crippen molar-refractivity contribution in [1.29, 1.82) is 0 Å². The lowest BCUT2D eigenvalue weighted by molar-refractivity contribution is 1.63. The highest BCUT2D eigenvalue weighted by Crippen LogP contribution is 2.41. The highest BCUT2D eigenvalue weighted by atomic mass is 32.7. The molecule has 0 saturated heterocycles. The largest absolute Gasteiger partial charge is 0.754 e. The summed E-state index contributed by atoms with van der Waals surface area (Å²) in [5, 5.41) is 0. The Morgan fingerprint density at radius 2 is 2.57 bits per heavy atom. The van der Waals surface area contributed by atoms with Crippen molar-refractivity contribution in [2.24, 2.45) is 0 Å². The van der Waals surface area contributed by atoms with Crippen LogP contribution in [0.25, 0.3) is 0 Å². The van der Waals surface area contributed by atoms with E-state index in [1.807, 2.05) is 6.08 Å². The third-order valence-electron chi connectivity index (χ3n) is 0.835. The molecule has 0 nitrogen and oxygen atoms in total. The molecule has 0 radical (unpaired) electrons. The Morgan fingerprint density at radius 1 is 1.86 bits per heavy atom. The fraction of sp³-hybridized carbons (Fsp3) is 0.200. The first kappa shape index (κ1) is 5.40. The molecule has 7 heavy (non-hydrogen) atoms. The Hall–Kier alpha value is 0.260. The average Bonchev–Trinajstić information content (AvgIpc) is 1.87. The van der Waals surface area contributed by atoms with E-state index in [1.165, 1.54) is 5.57 Å². The molecule has 2 heteroatoms. The maximum Gasteiger partial charge on any atom is -0.0267 e. The summed E-state index contributed by atoms with van der Waals surface area (Å²) in [5.74, 6) is 2.08. The molecule has 0 aliphatic carbocycles. The van der Waals surface area contributed by atoms with Crippen LogP contribution in [0.4, 0.5) is 0 Å². The van der Waals surface area contributed by atoms with Crippen LogP contribution in [0.3, 0.4) is 0 Å². The smallest absolute Gasteiger partial charge is 0.0267 e. The van der Waals surface area contributed by atoms with Gasteiger partial charge >= 0.3 is 0 Å². The highest BCUT2D eigenvalue weighted by Gasteiger charge is 1.95. The normalized spacial score (nSPS) is 29.3. The quantitative estimate of drug-likeness (QED) is 0.356. The van der Waals surface area contributed by atoms with Crippen LogP contribution in [0.15, 0.2) is 24.0 Å². The topological polar surface area (TPSA) is 0 Å². The van der Waals surface area contributed by atoms with Gasteiger partial charge in [-0.15, -0.1) is 0 Å². The number of rotatable bonds is 0. The third-order valence-corrected chi connectivity index (χ3v) is 2.79. The molecule has 0 amide bonds. The van der Waals surface area contributed by atoms with Crippen LogP contribution in [0.5, 0.6) is 0 Å². The second-order valence-electron chi connectivity index (χ2n) is 1.55. The van der Waals surface area contributed by atoms with Crippen LogP contribution in [0.1, 0.15) is 0 Å². The van der Waals surface area contributed by atoms with Crippen molar-refractivity contribution < 1.29 is 0 Å². The van der Waals surface area contributed by atoms with E-state index in [2.05, 4.69) is 12.4 Å². The highest BCUT2D eigenvalue weighted by molar-refractivity contribution is 8.34. The molecule has 0 saturated carbocycles. The summed E-state index contributed by atoms with van der Waals surface area (Å²) in [6.07, 6.45) is 3.07. The second-order valence-corrected chi connectivity index (χ2v) is 4.40. The second kappa shape index (κ2) is 2.02. The van der Waals surface area contributed by atoms with E-state index < -0.39 is 0 Å². The van der Waals surface area contributed by atoms with E-state index >= 15 is 0 Å². The average molecular weight is 129 g/mol. The Bertz CT molecular complexity index is 117. The van der Waals surface area contributed by atoms with Gasteiger partial charge in [-0.05, 0) is 6.16 Å². The zero-order chi connectivity index (χ0) is 5.28. The maximum absolute atomic E-state index is 5.00. The predicted octanol–water partition coefficient (Wildman–Crippen LogP) is 2.01. The molecule has 38 valence electrons. The molecular formula is C5H6PS-. The van der Waals surface area contributed by atoms with Gasteiger partial charge in [-0.2, -0.15) is 0 Å². The van der Waals surface area contributed by atoms with Gasteiger partial charge in [-0.25, -0.2) is 7.12 Å². The fourth-order valence-corrected chi connectivity index (χ4v) is 2.16. The minimum Gasteiger partial charge on any atom is -0.754 e. The van der Waals surface area contributed by atoms with Crippen LogP contribution in [0.2, 0.25) is 0 Å². The Kier molecular flexibility index (Phi) is 1.56. The molecule has 1 atom stereocenters. The van der Waals surface area contributed by atoms with Crippen molar-refractivity contribution in [2.45, 2.75) is 0 Å². The van der Waals surface area contributed by atoms with Gasteiger partial charge in [0.2, 0.25) is 0 Å². The molecule has 0 aromatic heterocycles. The molecule has 0 aromatic rings. The lowest BCUT2D eigenvalue weighted by atomic mass is 10.4. The van der Waals surface area contributed by atoms with Gasteiger partial charge in [-0.3, -0.25) is 0 Å². The molecule has 1 unspecified atom stereocenters. The predicted molar refractivity (Wildman–Crippen MR) is 37.4 cm³/mol. The molecule has 0 spiro atoms. The van der Waals surface area contributed by atoms with Crippen molar-refractivity contribution in [3.63, 3.8) is 0 Å². The van der Waals surface area contributed by atoms with Crippen LogP contribution in [-0.4, -0.2) is 6.16 Å². The van der Waals surface area contributed by atoms with Crippen LogP contribution in [0, 0.1) is 0 Å². The molecule has 1 aliphatic heterocycles. The van der Waals surface area contributed by atoms with Crippen LogP contribution < -0.4 is 0 Å².